The summed E-state index contributed by atoms with van der Waals surface area (Å²) in [4.78, 5) is 15.5. The van der Waals surface area contributed by atoms with Crippen LogP contribution >= 0.6 is 24.0 Å². The van der Waals surface area contributed by atoms with Gasteiger partial charge in [-0.15, -0.1) is 0 Å². The highest BCUT2D eigenvalue weighted by Gasteiger charge is 2.34. The van der Waals surface area contributed by atoms with Crippen molar-refractivity contribution in [2.45, 2.75) is 44.0 Å². The van der Waals surface area contributed by atoms with Crippen LogP contribution in [0.25, 0.3) is 23.0 Å². The zero-order valence-electron chi connectivity index (χ0n) is 20.7. The summed E-state index contributed by atoms with van der Waals surface area (Å²) in [6.07, 6.45) is 6.46. The number of amides is 1. The van der Waals surface area contributed by atoms with E-state index in [1.807, 2.05) is 56.4 Å². The molecule has 0 aliphatic carbocycles. The minimum absolute atomic E-state index is 0.0402. The molecule has 0 saturated carbocycles. The lowest BCUT2D eigenvalue weighted by Crippen LogP contribution is -2.35. The molecule has 7 nitrogen and oxygen atoms in total. The number of sulfonamides is 1. The molecule has 3 heterocycles. The van der Waals surface area contributed by atoms with Crippen LogP contribution < -0.4 is 0 Å². The van der Waals surface area contributed by atoms with Gasteiger partial charge in [0.25, 0.3) is 5.91 Å². The fourth-order valence-electron chi connectivity index (χ4n) is 4.55. The Morgan fingerprint density at radius 3 is 2.43 bits per heavy atom. The van der Waals surface area contributed by atoms with E-state index in [1.54, 1.807) is 38.2 Å². The fraction of sp³-hybridized carbons (Fsp3) is 0.296. The van der Waals surface area contributed by atoms with Crippen LogP contribution in [0.3, 0.4) is 0 Å². The molecule has 1 aromatic heterocycles. The maximum Gasteiger partial charge on any atom is 0.266 e. The molecule has 0 atom stereocenters. The van der Waals surface area contributed by atoms with Gasteiger partial charge in [0.1, 0.15) is 10.0 Å². The van der Waals surface area contributed by atoms with E-state index in [0.717, 1.165) is 24.9 Å². The number of nitrogens with zero attached hydrogens (tertiary/aromatic N) is 4. The van der Waals surface area contributed by atoms with Gasteiger partial charge in [-0.2, -0.15) is 9.40 Å². The number of thiocarbonyl (C=S) groups is 1. The Kier molecular flexibility index (Phi) is 7.35. The molecule has 2 aliphatic heterocycles. The standard InChI is InChI=1S/C27H28N4O3S3/c1-19(2)31-26(32)24(36-27(31)35)17-21-18-30(22-11-5-3-6-12-22)28-25(21)20-10-9-13-23(16-20)37(33,34)29-14-7-4-8-15-29/h3,5-6,9-13,16-19H,4,7-8,14-15H2,1-2H3/b24-17-. The van der Waals surface area contributed by atoms with Crippen LogP contribution in [0.5, 0.6) is 0 Å². The number of benzene rings is 2. The van der Waals surface area contributed by atoms with Gasteiger partial charge in [-0.25, -0.2) is 13.1 Å². The van der Waals surface area contributed by atoms with Crippen molar-refractivity contribution in [3.05, 3.63) is 71.3 Å². The first kappa shape index (κ1) is 25.8. The first-order chi connectivity index (χ1) is 17.8. The Labute approximate surface area is 227 Å². The minimum Gasteiger partial charge on any atom is -0.290 e. The van der Waals surface area contributed by atoms with Crippen LogP contribution in [0, 0.1) is 0 Å². The number of rotatable bonds is 6. The predicted molar refractivity (Wildman–Crippen MR) is 152 cm³/mol. The molecule has 0 bridgehead atoms. The average molecular weight is 553 g/mol. The maximum absolute atomic E-state index is 13.4. The second-order valence-corrected chi connectivity index (χ2v) is 13.0. The van der Waals surface area contributed by atoms with Crippen molar-refractivity contribution in [3.8, 4) is 16.9 Å². The van der Waals surface area contributed by atoms with E-state index in [4.69, 9.17) is 17.3 Å². The van der Waals surface area contributed by atoms with E-state index in [1.165, 1.54) is 11.8 Å². The van der Waals surface area contributed by atoms with Crippen molar-refractivity contribution in [1.82, 2.24) is 19.0 Å². The van der Waals surface area contributed by atoms with Crippen LogP contribution in [0.2, 0.25) is 0 Å². The summed E-state index contributed by atoms with van der Waals surface area (Å²) >= 11 is 6.72. The van der Waals surface area contributed by atoms with Gasteiger partial charge in [-0.05, 0) is 57.0 Å². The largest absolute Gasteiger partial charge is 0.290 e. The number of hydrogen-bond acceptors (Lipinski definition) is 6. The van der Waals surface area contributed by atoms with Crippen molar-refractivity contribution in [1.29, 1.82) is 0 Å². The molecule has 0 N–H and O–H groups in total. The molecule has 2 aliphatic rings. The van der Waals surface area contributed by atoms with Gasteiger partial charge in [0, 0.05) is 36.5 Å². The first-order valence-electron chi connectivity index (χ1n) is 12.3. The molecule has 2 saturated heterocycles. The van der Waals surface area contributed by atoms with E-state index < -0.39 is 10.0 Å². The molecule has 0 unspecified atom stereocenters. The van der Waals surface area contributed by atoms with Crippen LogP contribution in [-0.4, -0.2) is 56.8 Å². The molecule has 2 aromatic carbocycles. The molecular formula is C27H28N4O3S3. The Morgan fingerprint density at radius 2 is 1.76 bits per heavy atom. The molecule has 0 radical (unpaired) electrons. The molecule has 3 aromatic rings. The van der Waals surface area contributed by atoms with Crippen molar-refractivity contribution >= 4 is 50.3 Å². The highest BCUT2D eigenvalue weighted by molar-refractivity contribution is 8.26. The summed E-state index contributed by atoms with van der Waals surface area (Å²) < 4.78 is 30.6. The quantitative estimate of drug-likeness (QED) is 0.304. The van der Waals surface area contributed by atoms with E-state index in [9.17, 15) is 13.2 Å². The zero-order valence-corrected chi connectivity index (χ0v) is 23.2. The summed E-state index contributed by atoms with van der Waals surface area (Å²) in [6.45, 7) is 4.94. The smallest absolute Gasteiger partial charge is 0.266 e. The molecule has 2 fully saturated rings. The average Bonchev–Trinajstić information content (AvgIpc) is 3.45. The van der Waals surface area contributed by atoms with Gasteiger partial charge in [0.15, 0.2) is 0 Å². The van der Waals surface area contributed by atoms with Crippen LogP contribution in [0.1, 0.15) is 38.7 Å². The third kappa shape index (κ3) is 5.16. The Balaban J connectivity index is 1.59. The van der Waals surface area contributed by atoms with Gasteiger partial charge in [-0.1, -0.05) is 60.7 Å². The first-order valence-corrected chi connectivity index (χ1v) is 14.9. The van der Waals surface area contributed by atoms with E-state index in [2.05, 4.69) is 0 Å². The summed E-state index contributed by atoms with van der Waals surface area (Å²) in [5, 5.41) is 4.82. The Bertz CT molecular complexity index is 1470. The molecule has 0 spiro atoms. The van der Waals surface area contributed by atoms with Crippen molar-refractivity contribution < 1.29 is 13.2 Å². The number of carbonyl (C=O) groups is 1. The van der Waals surface area contributed by atoms with Crippen LogP contribution in [-0.2, 0) is 14.8 Å². The zero-order chi connectivity index (χ0) is 26.2. The van der Waals surface area contributed by atoms with Gasteiger partial charge < -0.3 is 0 Å². The molecule has 37 heavy (non-hydrogen) atoms. The molecule has 1 amide bonds. The molecule has 10 heteroatoms. The normalized spacial score (nSPS) is 18.4. The Hall–Kier alpha value is -2.79. The number of hydrogen-bond donors (Lipinski definition) is 0. The van der Waals surface area contributed by atoms with Gasteiger partial charge in [-0.3, -0.25) is 9.69 Å². The monoisotopic (exact) mass is 552 g/mol. The topological polar surface area (TPSA) is 75.5 Å². The molecular weight excluding hydrogens is 525 g/mol. The highest BCUT2D eigenvalue weighted by Crippen LogP contribution is 2.36. The summed E-state index contributed by atoms with van der Waals surface area (Å²) in [5.41, 5.74) is 2.82. The van der Waals surface area contributed by atoms with Crippen molar-refractivity contribution in [2.75, 3.05) is 13.1 Å². The number of thioether (sulfide) groups is 1. The predicted octanol–water partition coefficient (Wildman–Crippen LogP) is 5.32. The van der Waals surface area contributed by atoms with E-state index >= 15 is 0 Å². The van der Waals surface area contributed by atoms with Gasteiger partial charge >= 0.3 is 0 Å². The Morgan fingerprint density at radius 1 is 1.03 bits per heavy atom. The number of carbonyl (C=O) groups excluding carboxylic acids is 1. The lowest BCUT2D eigenvalue weighted by Gasteiger charge is -2.26. The summed E-state index contributed by atoms with van der Waals surface area (Å²) in [6, 6.07) is 16.5. The molecule has 192 valence electrons. The van der Waals surface area contributed by atoms with Crippen LogP contribution in [0.4, 0.5) is 0 Å². The number of para-hydroxylation sites is 1. The van der Waals surface area contributed by atoms with Crippen LogP contribution in [0.15, 0.2) is 70.6 Å². The third-order valence-electron chi connectivity index (χ3n) is 6.45. The van der Waals surface area contributed by atoms with Crippen molar-refractivity contribution in [2.24, 2.45) is 0 Å². The summed E-state index contributed by atoms with van der Waals surface area (Å²) in [5.74, 6) is -0.134. The number of piperidine rings is 1. The third-order valence-corrected chi connectivity index (χ3v) is 9.68. The second-order valence-electron chi connectivity index (χ2n) is 9.35. The lowest BCUT2D eigenvalue weighted by molar-refractivity contribution is -0.123. The lowest BCUT2D eigenvalue weighted by atomic mass is 10.1. The van der Waals surface area contributed by atoms with Gasteiger partial charge in [0.05, 0.1) is 15.5 Å². The minimum atomic E-state index is -3.60. The second kappa shape index (κ2) is 10.5. The van der Waals surface area contributed by atoms with Crippen molar-refractivity contribution in [3.63, 3.8) is 0 Å². The highest BCUT2D eigenvalue weighted by atomic mass is 32.2. The maximum atomic E-state index is 13.4. The van der Waals surface area contributed by atoms with E-state index in [0.29, 0.717) is 39.1 Å². The fourth-order valence-corrected chi connectivity index (χ4v) is 7.63. The molecule has 5 rings (SSSR count). The SMILES string of the molecule is CC(C)N1C(=O)/C(=C/c2cn(-c3ccccc3)nc2-c2cccc(S(=O)(=O)N3CCCCC3)c2)SC1=S. The van der Waals surface area contributed by atoms with E-state index in [-0.39, 0.29) is 16.8 Å². The number of aromatic nitrogens is 2. The summed E-state index contributed by atoms with van der Waals surface area (Å²) in [7, 11) is -3.60. The van der Waals surface area contributed by atoms with Gasteiger partial charge in [0.2, 0.25) is 10.0 Å².